The average Bonchev–Trinajstić information content (AvgIpc) is 3.28. The Morgan fingerprint density at radius 1 is 1.15 bits per heavy atom. The largest absolute Gasteiger partial charge is 0.454 e. The number of carbonyl (C=O) groups excluding carboxylic acids is 2. The van der Waals surface area contributed by atoms with Gasteiger partial charge in [-0.15, -0.1) is 0 Å². The van der Waals surface area contributed by atoms with Crippen molar-refractivity contribution in [3.63, 3.8) is 0 Å². The molecule has 2 saturated heterocycles. The first-order valence-corrected chi connectivity index (χ1v) is 11.7. The fourth-order valence-corrected chi connectivity index (χ4v) is 5.01. The minimum atomic E-state index is -0.279. The van der Waals surface area contributed by atoms with Crippen LogP contribution in [0.1, 0.15) is 47.7 Å². The van der Waals surface area contributed by atoms with E-state index in [1.54, 1.807) is 28.0 Å². The van der Waals surface area contributed by atoms with Crippen LogP contribution in [-0.4, -0.2) is 65.3 Å². The molecule has 3 heterocycles. The molecule has 0 radical (unpaired) electrons. The summed E-state index contributed by atoms with van der Waals surface area (Å²) in [7, 11) is 0. The second-order valence-electron chi connectivity index (χ2n) is 9.42. The van der Waals surface area contributed by atoms with E-state index in [4.69, 9.17) is 9.47 Å². The summed E-state index contributed by atoms with van der Waals surface area (Å²) in [5, 5.41) is 10.0. The maximum Gasteiger partial charge on any atom is 0.254 e. The lowest BCUT2D eigenvalue weighted by Crippen LogP contribution is -2.73. The molecule has 7 heteroatoms. The molecule has 3 aliphatic heterocycles. The van der Waals surface area contributed by atoms with Gasteiger partial charge in [-0.2, -0.15) is 0 Å². The van der Waals surface area contributed by atoms with Gasteiger partial charge in [0, 0.05) is 30.0 Å². The Morgan fingerprint density at radius 3 is 2.65 bits per heavy atom. The van der Waals surface area contributed by atoms with Crippen molar-refractivity contribution in [3.8, 4) is 23.3 Å². The van der Waals surface area contributed by atoms with E-state index in [9.17, 15) is 14.7 Å². The van der Waals surface area contributed by atoms with Gasteiger partial charge in [-0.25, -0.2) is 0 Å². The van der Waals surface area contributed by atoms with Crippen molar-refractivity contribution in [3.05, 3.63) is 59.2 Å². The Kier molecular flexibility index (Phi) is 5.93. The first-order chi connectivity index (χ1) is 16.5. The molecule has 0 saturated carbocycles. The van der Waals surface area contributed by atoms with Crippen LogP contribution in [0.5, 0.6) is 11.5 Å². The fourth-order valence-electron chi connectivity index (χ4n) is 5.01. The molecule has 34 heavy (non-hydrogen) atoms. The number of benzene rings is 2. The number of hydrogen-bond acceptors (Lipinski definition) is 5. The third-order valence-electron chi connectivity index (χ3n) is 6.70. The maximum atomic E-state index is 13.2. The van der Waals surface area contributed by atoms with E-state index in [1.165, 1.54) is 0 Å². The Balaban J connectivity index is 1.34. The zero-order valence-corrected chi connectivity index (χ0v) is 19.4. The van der Waals surface area contributed by atoms with Crippen molar-refractivity contribution in [2.45, 2.75) is 38.3 Å². The molecule has 1 N–H and O–H groups in total. The third-order valence-corrected chi connectivity index (χ3v) is 6.70. The molecule has 0 aliphatic carbocycles. The van der Waals surface area contributed by atoms with Gasteiger partial charge in [0.1, 0.15) is 6.54 Å². The lowest BCUT2D eigenvalue weighted by molar-refractivity contribution is -0.159. The molecular formula is C27H28N2O5. The van der Waals surface area contributed by atoms with Crippen molar-refractivity contribution in [2.75, 3.05) is 26.5 Å². The van der Waals surface area contributed by atoms with Gasteiger partial charge in [0.15, 0.2) is 11.5 Å². The molecule has 2 aromatic carbocycles. The highest BCUT2D eigenvalue weighted by molar-refractivity contribution is 5.98. The summed E-state index contributed by atoms with van der Waals surface area (Å²) >= 11 is 0. The number of fused-ring (bicyclic) bond motifs is 2. The number of amides is 2. The highest BCUT2D eigenvalue weighted by atomic mass is 16.7. The SMILES string of the molecule is CC(C)CC#Cc1ccc([C@@H]2[C@H]3CN(C(=O)c4ccc5c(c4)OCO5)CC(=O)N3[C@H]2CO)cc1. The average molecular weight is 461 g/mol. The fraction of sp³-hybridized carbons (Fsp3) is 0.407. The Labute approximate surface area is 199 Å². The number of rotatable bonds is 4. The summed E-state index contributed by atoms with van der Waals surface area (Å²) in [6, 6.07) is 12.6. The molecule has 3 aliphatic rings. The number of piperazine rings is 1. The predicted octanol–water partition coefficient (Wildman–Crippen LogP) is 2.62. The minimum Gasteiger partial charge on any atom is -0.454 e. The topological polar surface area (TPSA) is 79.3 Å². The van der Waals surface area contributed by atoms with E-state index in [0.717, 1.165) is 17.5 Å². The normalized spacial score (nSPS) is 22.7. The van der Waals surface area contributed by atoms with Gasteiger partial charge in [-0.3, -0.25) is 9.59 Å². The molecule has 5 rings (SSSR count). The number of hydrogen-bond donors (Lipinski definition) is 1. The van der Waals surface area contributed by atoms with Crippen LogP contribution >= 0.6 is 0 Å². The van der Waals surface area contributed by atoms with Crippen LogP contribution in [0, 0.1) is 17.8 Å². The van der Waals surface area contributed by atoms with E-state index >= 15 is 0 Å². The zero-order chi connectivity index (χ0) is 23.8. The molecule has 2 amide bonds. The monoisotopic (exact) mass is 460 g/mol. The van der Waals surface area contributed by atoms with Gasteiger partial charge in [-0.05, 0) is 41.8 Å². The van der Waals surface area contributed by atoms with Crippen molar-refractivity contribution in [2.24, 2.45) is 5.92 Å². The number of ether oxygens (including phenoxy) is 2. The molecule has 2 aromatic rings. The standard InChI is InChI=1S/C27H28N2O5/c1-17(2)4-3-5-18-6-8-19(9-7-18)26-21-13-28(14-25(31)29(21)22(26)15-30)27(32)20-10-11-23-24(12-20)34-16-33-23/h6-12,17,21-22,26,30H,4,13-16H2,1-2H3/t21-,22+,26-/m1/s1. The smallest absolute Gasteiger partial charge is 0.254 e. The van der Waals surface area contributed by atoms with Crippen molar-refractivity contribution >= 4 is 11.8 Å². The van der Waals surface area contributed by atoms with Crippen molar-refractivity contribution in [1.29, 1.82) is 0 Å². The molecule has 176 valence electrons. The highest BCUT2D eigenvalue weighted by Gasteiger charge is 2.54. The first kappa shape index (κ1) is 22.3. The summed E-state index contributed by atoms with van der Waals surface area (Å²) in [6.07, 6.45) is 0.851. The summed E-state index contributed by atoms with van der Waals surface area (Å²) in [6.45, 7) is 4.72. The van der Waals surface area contributed by atoms with Gasteiger partial charge < -0.3 is 24.4 Å². The van der Waals surface area contributed by atoms with Crippen molar-refractivity contribution < 1.29 is 24.2 Å². The molecule has 0 bridgehead atoms. The number of aliphatic hydroxyl groups excluding tert-OH is 1. The Bertz CT molecular complexity index is 1160. The van der Waals surface area contributed by atoms with Gasteiger partial charge in [0.05, 0.1) is 18.7 Å². The van der Waals surface area contributed by atoms with Crippen LogP contribution in [0.25, 0.3) is 0 Å². The molecule has 7 nitrogen and oxygen atoms in total. The van der Waals surface area contributed by atoms with Gasteiger partial charge in [0.2, 0.25) is 12.7 Å². The Hall–Kier alpha value is -3.50. The van der Waals surface area contributed by atoms with Crippen LogP contribution in [0.2, 0.25) is 0 Å². The zero-order valence-electron chi connectivity index (χ0n) is 19.4. The van der Waals surface area contributed by atoms with Crippen LogP contribution in [0.3, 0.4) is 0 Å². The molecule has 2 fully saturated rings. The first-order valence-electron chi connectivity index (χ1n) is 11.7. The second kappa shape index (κ2) is 9.03. The minimum absolute atomic E-state index is 0.00261. The lowest BCUT2D eigenvalue weighted by Gasteiger charge is -2.58. The van der Waals surface area contributed by atoms with Gasteiger partial charge in [-0.1, -0.05) is 37.8 Å². The van der Waals surface area contributed by atoms with E-state index in [0.29, 0.717) is 29.5 Å². The molecule has 0 unspecified atom stereocenters. The predicted molar refractivity (Wildman–Crippen MR) is 125 cm³/mol. The second-order valence-corrected chi connectivity index (χ2v) is 9.42. The maximum absolute atomic E-state index is 13.2. The molecular weight excluding hydrogens is 432 g/mol. The van der Waals surface area contributed by atoms with Gasteiger partial charge >= 0.3 is 0 Å². The van der Waals surface area contributed by atoms with Crippen LogP contribution in [-0.2, 0) is 4.79 Å². The van der Waals surface area contributed by atoms with Gasteiger partial charge in [0.25, 0.3) is 5.91 Å². The third kappa shape index (κ3) is 3.99. The summed E-state index contributed by atoms with van der Waals surface area (Å²) in [4.78, 5) is 29.5. The molecule has 0 aromatic heterocycles. The van der Waals surface area contributed by atoms with E-state index < -0.39 is 0 Å². The molecule has 3 atom stereocenters. The van der Waals surface area contributed by atoms with E-state index in [2.05, 4.69) is 25.7 Å². The highest BCUT2D eigenvalue weighted by Crippen LogP contribution is 2.43. The van der Waals surface area contributed by atoms with Crippen molar-refractivity contribution in [1.82, 2.24) is 9.80 Å². The number of aliphatic hydroxyl groups is 1. The number of carbonyl (C=O) groups is 2. The van der Waals surface area contributed by atoms with Crippen LogP contribution in [0.15, 0.2) is 42.5 Å². The van der Waals surface area contributed by atoms with E-state index in [-0.39, 0.29) is 49.8 Å². The van der Waals surface area contributed by atoms with Crippen LogP contribution in [0.4, 0.5) is 0 Å². The number of nitrogens with zero attached hydrogens (tertiary/aromatic N) is 2. The summed E-state index contributed by atoms with van der Waals surface area (Å²) in [5.74, 6) is 7.66. The summed E-state index contributed by atoms with van der Waals surface area (Å²) in [5.41, 5.74) is 2.45. The lowest BCUT2D eigenvalue weighted by atomic mass is 9.73. The Morgan fingerprint density at radius 2 is 1.91 bits per heavy atom. The summed E-state index contributed by atoms with van der Waals surface area (Å²) < 4.78 is 10.7. The van der Waals surface area contributed by atoms with Crippen LogP contribution < -0.4 is 9.47 Å². The van der Waals surface area contributed by atoms with E-state index in [1.807, 2.05) is 24.3 Å². The quantitative estimate of drug-likeness (QED) is 0.710. The molecule has 0 spiro atoms.